The molecule has 2 aromatic rings. The minimum absolute atomic E-state index is 0.00350. The van der Waals surface area contributed by atoms with E-state index >= 15 is 0 Å². The molecule has 8 heteroatoms. The molecule has 1 aromatic heterocycles. The fraction of sp³-hybridized carbons (Fsp3) is 0.476. The SMILES string of the molecule is Cc1cc(N2CCN(C(=O)COc3ccc(Cl)cc3)CC2)nc(N2CCCC2)n1. The van der Waals surface area contributed by atoms with Gasteiger partial charge in [-0.25, -0.2) is 4.98 Å². The summed E-state index contributed by atoms with van der Waals surface area (Å²) in [5, 5.41) is 0.646. The van der Waals surface area contributed by atoms with Crippen molar-refractivity contribution < 1.29 is 9.53 Å². The summed E-state index contributed by atoms with van der Waals surface area (Å²) in [5.74, 6) is 2.42. The summed E-state index contributed by atoms with van der Waals surface area (Å²) in [5.41, 5.74) is 0.978. The van der Waals surface area contributed by atoms with E-state index in [-0.39, 0.29) is 12.5 Å². The lowest BCUT2D eigenvalue weighted by atomic mass is 10.3. The highest BCUT2D eigenvalue weighted by molar-refractivity contribution is 6.30. The van der Waals surface area contributed by atoms with E-state index in [0.29, 0.717) is 23.9 Å². The molecule has 154 valence electrons. The van der Waals surface area contributed by atoms with Crippen LogP contribution in [-0.2, 0) is 4.79 Å². The molecule has 0 radical (unpaired) electrons. The van der Waals surface area contributed by atoms with Crippen molar-refractivity contribution in [3.8, 4) is 5.75 Å². The Morgan fingerprint density at radius 1 is 1.00 bits per heavy atom. The van der Waals surface area contributed by atoms with E-state index in [1.807, 2.05) is 17.9 Å². The van der Waals surface area contributed by atoms with Crippen LogP contribution in [0.15, 0.2) is 30.3 Å². The minimum Gasteiger partial charge on any atom is -0.484 e. The number of rotatable bonds is 5. The lowest BCUT2D eigenvalue weighted by molar-refractivity contribution is -0.133. The number of aryl methyl sites for hydroxylation is 1. The van der Waals surface area contributed by atoms with Crippen molar-refractivity contribution >= 4 is 29.3 Å². The van der Waals surface area contributed by atoms with E-state index in [0.717, 1.165) is 43.6 Å². The first kappa shape index (κ1) is 19.8. The lowest BCUT2D eigenvalue weighted by Crippen LogP contribution is -2.50. The molecule has 2 fully saturated rings. The van der Waals surface area contributed by atoms with Gasteiger partial charge >= 0.3 is 0 Å². The molecule has 0 atom stereocenters. The highest BCUT2D eigenvalue weighted by Gasteiger charge is 2.24. The second-order valence-corrected chi connectivity index (χ2v) is 7.91. The molecule has 2 aliphatic rings. The number of carbonyl (C=O) groups excluding carboxylic acids is 1. The van der Waals surface area contributed by atoms with Gasteiger partial charge < -0.3 is 19.4 Å². The van der Waals surface area contributed by atoms with Crippen LogP contribution in [0.25, 0.3) is 0 Å². The average molecular weight is 416 g/mol. The molecular weight excluding hydrogens is 390 g/mol. The van der Waals surface area contributed by atoms with Gasteiger partial charge in [0.05, 0.1) is 0 Å². The average Bonchev–Trinajstić information content (AvgIpc) is 3.28. The normalized spacial score (nSPS) is 17.0. The summed E-state index contributed by atoms with van der Waals surface area (Å²) >= 11 is 5.87. The Kier molecular flexibility index (Phi) is 6.04. The van der Waals surface area contributed by atoms with Crippen molar-refractivity contribution in [3.63, 3.8) is 0 Å². The van der Waals surface area contributed by atoms with Crippen molar-refractivity contribution in [3.05, 3.63) is 41.0 Å². The van der Waals surface area contributed by atoms with Crippen LogP contribution in [0.5, 0.6) is 5.75 Å². The van der Waals surface area contributed by atoms with Crippen LogP contribution in [0.1, 0.15) is 18.5 Å². The van der Waals surface area contributed by atoms with Crippen molar-refractivity contribution in [2.45, 2.75) is 19.8 Å². The molecule has 29 heavy (non-hydrogen) atoms. The van der Waals surface area contributed by atoms with E-state index in [1.54, 1.807) is 24.3 Å². The molecule has 4 rings (SSSR count). The predicted octanol–water partition coefficient (Wildman–Crippen LogP) is 2.77. The number of hydrogen-bond donors (Lipinski definition) is 0. The van der Waals surface area contributed by atoms with Crippen molar-refractivity contribution in [1.29, 1.82) is 0 Å². The van der Waals surface area contributed by atoms with Gasteiger partial charge in [0.2, 0.25) is 5.95 Å². The van der Waals surface area contributed by atoms with Crippen LogP contribution in [0.4, 0.5) is 11.8 Å². The molecule has 2 aliphatic heterocycles. The standard InChI is InChI=1S/C21H26ClN5O2/c1-16-14-19(24-21(23-16)27-8-2-3-9-27)25-10-12-26(13-11-25)20(28)15-29-18-6-4-17(22)5-7-18/h4-7,14H,2-3,8-13,15H2,1H3. The van der Waals surface area contributed by atoms with Crippen molar-refractivity contribution in [2.24, 2.45) is 0 Å². The first-order valence-corrected chi connectivity index (χ1v) is 10.5. The van der Waals surface area contributed by atoms with Gasteiger partial charge in [-0.2, -0.15) is 4.98 Å². The lowest BCUT2D eigenvalue weighted by Gasteiger charge is -2.35. The zero-order valence-electron chi connectivity index (χ0n) is 16.7. The number of nitrogens with zero attached hydrogens (tertiary/aromatic N) is 5. The molecule has 0 unspecified atom stereocenters. The van der Waals surface area contributed by atoms with E-state index in [9.17, 15) is 4.79 Å². The second-order valence-electron chi connectivity index (χ2n) is 7.47. The zero-order chi connectivity index (χ0) is 20.2. The fourth-order valence-electron chi connectivity index (χ4n) is 3.71. The third kappa shape index (κ3) is 4.90. The molecular formula is C21H26ClN5O2. The van der Waals surface area contributed by atoms with Crippen LogP contribution in [0, 0.1) is 6.92 Å². The monoisotopic (exact) mass is 415 g/mol. The highest BCUT2D eigenvalue weighted by atomic mass is 35.5. The third-order valence-electron chi connectivity index (χ3n) is 5.35. The maximum Gasteiger partial charge on any atom is 0.260 e. The number of piperazine rings is 1. The Hall–Kier alpha value is -2.54. The summed E-state index contributed by atoms with van der Waals surface area (Å²) in [6, 6.07) is 9.06. The quantitative estimate of drug-likeness (QED) is 0.748. The molecule has 0 bridgehead atoms. The number of anilines is 2. The molecule has 7 nitrogen and oxygen atoms in total. The molecule has 2 saturated heterocycles. The third-order valence-corrected chi connectivity index (χ3v) is 5.60. The maximum atomic E-state index is 12.5. The molecule has 0 aliphatic carbocycles. The van der Waals surface area contributed by atoms with E-state index in [2.05, 4.69) is 14.8 Å². The molecule has 0 N–H and O–H groups in total. The number of carbonyl (C=O) groups is 1. The van der Waals surface area contributed by atoms with Crippen LogP contribution < -0.4 is 14.5 Å². The first-order valence-electron chi connectivity index (χ1n) is 10.1. The predicted molar refractivity (Wildman–Crippen MR) is 114 cm³/mol. The van der Waals surface area contributed by atoms with Gasteiger partial charge in [0.25, 0.3) is 5.91 Å². The minimum atomic E-state index is -0.00350. The van der Waals surface area contributed by atoms with Gasteiger partial charge in [-0.15, -0.1) is 0 Å². The number of amides is 1. The molecule has 0 saturated carbocycles. The topological polar surface area (TPSA) is 61.8 Å². The number of aromatic nitrogens is 2. The van der Waals surface area contributed by atoms with Crippen LogP contribution in [-0.4, -0.2) is 66.7 Å². The zero-order valence-corrected chi connectivity index (χ0v) is 17.4. The van der Waals surface area contributed by atoms with Crippen LogP contribution in [0.3, 0.4) is 0 Å². The van der Waals surface area contributed by atoms with Gasteiger partial charge in [-0.1, -0.05) is 11.6 Å². The molecule has 1 aromatic carbocycles. The van der Waals surface area contributed by atoms with Gasteiger partial charge in [-0.05, 0) is 44.0 Å². The second kappa shape index (κ2) is 8.86. The number of benzene rings is 1. The summed E-state index contributed by atoms with van der Waals surface area (Å²) in [4.78, 5) is 28.2. The smallest absolute Gasteiger partial charge is 0.260 e. The molecule has 3 heterocycles. The number of hydrogen-bond acceptors (Lipinski definition) is 6. The molecule has 0 spiro atoms. The summed E-state index contributed by atoms with van der Waals surface area (Å²) < 4.78 is 5.59. The van der Waals surface area contributed by atoms with E-state index in [1.165, 1.54) is 12.8 Å². The first-order chi connectivity index (χ1) is 14.1. The number of halogens is 1. The van der Waals surface area contributed by atoms with Crippen LogP contribution in [0.2, 0.25) is 5.02 Å². The Bertz CT molecular complexity index is 847. The van der Waals surface area contributed by atoms with Crippen molar-refractivity contribution in [2.75, 3.05) is 55.7 Å². The molecule has 1 amide bonds. The Labute approximate surface area is 176 Å². The number of ether oxygens (including phenoxy) is 1. The summed E-state index contributed by atoms with van der Waals surface area (Å²) in [6.07, 6.45) is 2.40. The highest BCUT2D eigenvalue weighted by Crippen LogP contribution is 2.22. The van der Waals surface area contributed by atoms with E-state index < -0.39 is 0 Å². The summed E-state index contributed by atoms with van der Waals surface area (Å²) in [6.45, 7) is 6.92. The van der Waals surface area contributed by atoms with Gasteiger partial charge in [-0.3, -0.25) is 4.79 Å². The summed E-state index contributed by atoms with van der Waals surface area (Å²) in [7, 11) is 0. The van der Waals surface area contributed by atoms with E-state index in [4.69, 9.17) is 21.3 Å². The Morgan fingerprint density at radius 2 is 1.69 bits per heavy atom. The fourth-order valence-corrected chi connectivity index (χ4v) is 3.84. The van der Waals surface area contributed by atoms with Gasteiger partial charge in [0.1, 0.15) is 11.6 Å². The Morgan fingerprint density at radius 3 is 2.38 bits per heavy atom. The van der Waals surface area contributed by atoms with Crippen LogP contribution >= 0.6 is 11.6 Å². The van der Waals surface area contributed by atoms with Gasteiger partial charge in [0.15, 0.2) is 6.61 Å². The Balaban J connectivity index is 1.32. The van der Waals surface area contributed by atoms with Crippen molar-refractivity contribution in [1.82, 2.24) is 14.9 Å². The van der Waals surface area contributed by atoms with Gasteiger partial charge in [0, 0.05) is 56.1 Å². The maximum absolute atomic E-state index is 12.5. The largest absolute Gasteiger partial charge is 0.484 e.